The number of unbranched alkanes of at least 4 members (excludes halogenated alkanes) is 2. The van der Waals surface area contributed by atoms with Crippen LogP contribution < -0.4 is 25.2 Å². The van der Waals surface area contributed by atoms with Crippen molar-refractivity contribution >= 4 is 22.1 Å². The molecule has 0 radical (unpaired) electrons. The number of ether oxygens (including phenoxy) is 3. The van der Waals surface area contributed by atoms with Crippen molar-refractivity contribution < 1.29 is 18.6 Å². The molecular formula is C25H26N2O6. The molecule has 0 saturated heterocycles. The molecule has 0 atom stereocenters. The number of methoxy groups -OCH3 is 3. The van der Waals surface area contributed by atoms with Crippen LogP contribution in [0.4, 0.5) is 0 Å². The van der Waals surface area contributed by atoms with E-state index in [1.807, 2.05) is 0 Å². The van der Waals surface area contributed by atoms with E-state index in [4.69, 9.17) is 18.6 Å². The summed E-state index contributed by atoms with van der Waals surface area (Å²) < 4.78 is 23.8. The van der Waals surface area contributed by atoms with E-state index in [0.29, 0.717) is 46.2 Å². The van der Waals surface area contributed by atoms with Gasteiger partial charge in [0.15, 0.2) is 16.9 Å². The summed E-state index contributed by atoms with van der Waals surface area (Å²) in [5.41, 5.74) is 0.140. The van der Waals surface area contributed by atoms with Gasteiger partial charge in [-0.2, -0.15) is 4.98 Å². The lowest BCUT2D eigenvalue weighted by Crippen LogP contribution is -2.27. The van der Waals surface area contributed by atoms with Crippen LogP contribution in [0, 0.1) is 0 Å². The average molecular weight is 450 g/mol. The second-order valence-electron chi connectivity index (χ2n) is 7.62. The summed E-state index contributed by atoms with van der Waals surface area (Å²) >= 11 is 0. The molecule has 4 aromatic rings. The Balaban J connectivity index is 2.06. The molecule has 0 saturated carbocycles. The van der Waals surface area contributed by atoms with Gasteiger partial charge in [0, 0.05) is 12.1 Å². The van der Waals surface area contributed by atoms with Crippen molar-refractivity contribution in [1.29, 1.82) is 0 Å². The highest BCUT2D eigenvalue weighted by Gasteiger charge is 2.21. The first kappa shape index (κ1) is 22.4. The van der Waals surface area contributed by atoms with Gasteiger partial charge in [0.1, 0.15) is 11.4 Å². The van der Waals surface area contributed by atoms with Gasteiger partial charge in [-0.3, -0.25) is 14.2 Å². The maximum absolute atomic E-state index is 13.6. The van der Waals surface area contributed by atoms with Gasteiger partial charge >= 0.3 is 0 Å². The van der Waals surface area contributed by atoms with Crippen molar-refractivity contribution in [3.63, 3.8) is 0 Å². The number of benzene rings is 2. The van der Waals surface area contributed by atoms with Gasteiger partial charge in [0.25, 0.3) is 5.56 Å². The quantitative estimate of drug-likeness (QED) is 0.290. The average Bonchev–Trinajstić information content (AvgIpc) is 2.84. The number of hydrogen-bond donors (Lipinski definition) is 0. The summed E-state index contributed by atoms with van der Waals surface area (Å²) in [6.07, 6.45) is 2.69. The highest BCUT2D eigenvalue weighted by Crippen LogP contribution is 2.40. The molecule has 4 rings (SSSR count). The second-order valence-corrected chi connectivity index (χ2v) is 7.62. The summed E-state index contributed by atoms with van der Waals surface area (Å²) in [5.74, 6) is 1.66. The molecule has 0 fully saturated rings. The zero-order valence-electron chi connectivity index (χ0n) is 19.1. The van der Waals surface area contributed by atoms with Gasteiger partial charge in [-0.05, 0) is 30.7 Å². The topological polar surface area (TPSA) is 92.8 Å². The van der Waals surface area contributed by atoms with Crippen LogP contribution in [-0.2, 0) is 6.54 Å². The van der Waals surface area contributed by atoms with Crippen LogP contribution in [0.25, 0.3) is 33.5 Å². The van der Waals surface area contributed by atoms with Crippen molar-refractivity contribution in [1.82, 2.24) is 9.55 Å². The van der Waals surface area contributed by atoms with E-state index >= 15 is 0 Å². The number of nitrogens with zero attached hydrogens (tertiary/aromatic N) is 2. The molecule has 0 aliphatic rings. The molecule has 2 aromatic carbocycles. The van der Waals surface area contributed by atoms with Crippen molar-refractivity contribution in [3.05, 3.63) is 57.0 Å². The van der Waals surface area contributed by atoms with E-state index in [0.717, 1.165) is 19.3 Å². The van der Waals surface area contributed by atoms with Crippen LogP contribution in [0.5, 0.6) is 17.2 Å². The number of aromatic nitrogens is 2. The summed E-state index contributed by atoms with van der Waals surface area (Å²) in [6.45, 7) is 2.50. The van der Waals surface area contributed by atoms with Crippen LogP contribution >= 0.6 is 0 Å². The van der Waals surface area contributed by atoms with Crippen molar-refractivity contribution in [2.24, 2.45) is 0 Å². The smallest absolute Gasteiger partial charge is 0.269 e. The van der Waals surface area contributed by atoms with Crippen molar-refractivity contribution in [2.45, 2.75) is 32.7 Å². The van der Waals surface area contributed by atoms with E-state index in [1.54, 1.807) is 36.4 Å². The zero-order valence-corrected chi connectivity index (χ0v) is 19.1. The normalized spacial score (nSPS) is 11.2. The van der Waals surface area contributed by atoms with Crippen LogP contribution in [0.1, 0.15) is 26.2 Å². The fourth-order valence-electron chi connectivity index (χ4n) is 3.94. The maximum Gasteiger partial charge on any atom is 0.269 e. The van der Waals surface area contributed by atoms with Crippen molar-refractivity contribution in [2.75, 3.05) is 21.3 Å². The Morgan fingerprint density at radius 2 is 1.67 bits per heavy atom. The molecule has 172 valence electrons. The Labute approximate surface area is 190 Å². The van der Waals surface area contributed by atoms with E-state index in [9.17, 15) is 9.59 Å². The monoisotopic (exact) mass is 450 g/mol. The van der Waals surface area contributed by atoms with Gasteiger partial charge < -0.3 is 18.6 Å². The number of hydrogen-bond acceptors (Lipinski definition) is 7. The molecule has 0 amide bonds. The summed E-state index contributed by atoms with van der Waals surface area (Å²) in [6, 6.07) is 10.3. The number of para-hydroxylation sites is 1. The highest BCUT2D eigenvalue weighted by molar-refractivity contribution is 5.88. The van der Waals surface area contributed by atoms with E-state index in [1.165, 1.54) is 25.9 Å². The minimum absolute atomic E-state index is 0.000747. The molecule has 2 heterocycles. The number of rotatable bonds is 8. The Kier molecular flexibility index (Phi) is 6.35. The van der Waals surface area contributed by atoms with E-state index in [-0.39, 0.29) is 16.5 Å². The van der Waals surface area contributed by atoms with Gasteiger partial charge in [-0.1, -0.05) is 31.9 Å². The first-order valence-corrected chi connectivity index (χ1v) is 10.8. The highest BCUT2D eigenvalue weighted by atomic mass is 16.5. The molecule has 33 heavy (non-hydrogen) atoms. The fourth-order valence-corrected chi connectivity index (χ4v) is 3.94. The van der Waals surface area contributed by atoms with Crippen LogP contribution in [-0.4, -0.2) is 30.9 Å². The van der Waals surface area contributed by atoms with E-state index < -0.39 is 5.56 Å². The lowest BCUT2D eigenvalue weighted by atomic mass is 10.1. The van der Waals surface area contributed by atoms with Gasteiger partial charge in [0.2, 0.25) is 16.9 Å². The van der Waals surface area contributed by atoms with E-state index in [2.05, 4.69) is 11.9 Å². The first-order chi connectivity index (χ1) is 16.0. The molecule has 2 aromatic heterocycles. The van der Waals surface area contributed by atoms with Gasteiger partial charge in [-0.25, -0.2) is 0 Å². The molecule has 0 N–H and O–H groups in total. The minimum Gasteiger partial charge on any atom is -0.493 e. The molecule has 0 bridgehead atoms. The maximum atomic E-state index is 13.6. The third kappa shape index (κ3) is 3.92. The summed E-state index contributed by atoms with van der Waals surface area (Å²) in [4.78, 5) is 31.4. The third-order valence-electron chi connectivity index (χ3n) is 5.61. The first-order valence-electron chi connectivity index (χ1n) is 10.8. The van der Waals surface area contributed by atoms with Gasteiger partial charge in [-0.15, -0.1) is 0 Å². The Hall–Kier alpha value is -3.81. The molecule has 0 unspecified atom stereocenters. The molecule has 0 spiro atoms. The standard InChI is InChI=1S/C25H26N2O6/c1-5-6-9-12-27-23(15-13-18(30-2)22(32-4)19(14-15)31-3)26-24-20(25(27)29)21(28)16-10-7-8-11-17(16)33-24/h7-8,10-11,13-14H,5-6,9,12H2,1-4H3. The molecular weight excluding hydrogens is 424 g/mol. The Bertz CT molecular complexity index is 1410. The Morgan fingerprint density at radius 3 is 2.30 bits per heavy atom. The predicted molar refractivity (Wildman–Crippen MR) is 127 cm³/mol. The van der Waals surface area contributed by atoms with Crippen molar-refractivity contribution in [3.8, 4) is 28.6 Å². The second kappa shape index (κ2) is 9.36. The van der Waals surface area contributed by atoms with Crippen LogP contribution in [0.2, 0.25) is 0 Å². The largest absolute Gasteiger partial charge is 0.493 e. The number of fused-ring (bicyclic) bond motifs is 2. The lowest BCUT2D eigenvalue weighted by molar-refractivity contribution is 0.324. The molecule has 8 heteroatoms. The lowest BCUT2D eigenvalue weighted by Gasteiger charge is -2.17. The zero-order chi connectivity index (χ0) is 23.5. The summed E-state index contributed by atoms with van der Waals surface area (Å²) in [5, 5.41) is 0.297. The van der Waals surface area contributed by atoms with Crippen LogP contribution in [0.3, 0.4) is 0 Å². The molecule has 0 aliphatic carbocycles. The third-order valence-corrected chi connectivity index (χ3v) is 5.61. The predicted octanol–water partition coefficient (Wildman–Crippen LogP) is 4.39. The van der Waals surface area contributed by atoms with Crippen LogP contribution in [0.15, 0.2) is 50.4 Å². The van der Waals surface area contributed by atoms with Gasteiger partial charge in [0.05, 0.1) is 26.7 Å². The molecule has 0 aliphatic heterocycles. The summed E-state index contributed by atoms with van der Waals surface area (Å²) in [7, 11) is 4.57. The minimum atomic E-state index is -0.431. The SMILES string of the molecule is CCCCCn1c(-c2cc(OC)c(OC)c(OC)c2)nc2oc3ccccc3c(=O)c2c1=O. The fraction of sp³-hybridized carbons (Fsp3) is 0.320. The molecule has 8 nitrogen and oxygen atoms in total. The Morgan fingerprint density at radius 1 is 0.970 bits per heavy atom.